The molecule has 0 saturated carbocycles. The maximum Gasteiger partial charge on any atom is 0.410 e. The van der Waals surface area contributed by atoms with Crippen LogP contribution < -0.4 is 16.4 Å². The number of aromatic nitrogens is 3. The highest BCUT2D eigenvalue weighted by atomic mass is 16.6. The molecule has 0 aliphatic rings. The van der Waals surface area contributed by atoms with Gasteiger partial charge in [0.05, 0.1) is 18.9 Å². The highest BCUT2D eigenvalue weighted by molar-refractivity contribution is 5.87. The lowest BCUT2D eigenvalue weighted by molar-refractivity contribution is -0.130. The fourth-order valence-electron chi connectivity index (χ4n) is 3.51. The van der Waals surface area contributed by atoms with Gasteiger partial charge in [-0.25, -0.2) is 4.79 Å². The van der Waals surface area contributed by atoms with Gasteiger partial charge in [0, 0.05) is 7.05 Å². The monoisotopic (exact) mass is 525 g/mol. The van der Waals surface area contributed by atoms with Crippen molar-refractivity contribution in [1.82, 2.24) is 30.1 Å². The summed E-state index contributed by atoms with van der Waals surface area (Å²) in [7, 11) is 1.39. The van der Waals surface area contributed by atoms with E-state index in [-0.39, 0.29) is 26.4 Å². The Morgan fingerprint density at radius 2 is 1.84 bits per heavy atom. The number of likely N-dealkylation sites (N-methyl/N-ethyl adjacent to an activating group) is 1. The second kappa shape index (κ2) is 12.6. The number of rotatable bonds is 13. The number of nitrogens with two attached hydrogens (primary N) is 1. The Balaban J connectivity index is 1.87. The van der Waals surface area contributed by atoms with Crippen LogP contribution in [0.1, 0.15) is 37.0 Å². The highest BCUT2D eigenvalue weighted by Gasteiger charge is 2.31. The van der Waals surface area contributed by atoms with E-state index in [1.807, 2.05) is 30.3 Å². The van der Waals surface area contributed by atoms with Crippen LogP contribution in [0.25, 0.3) is 5.65 Å². The summed E-state index contributed by atoms with van der Waals surface area (Å²) in [6.07, 6.45) is -0.289. The van der Waals surface area contributed by atoms with Crippen LogP contribution in [0, 0.1) is 0 Å². The Bertz CT molecular complexity index is 1280. The molecule has 4 N–H and O–H groups in total. The number of carbonyl (C=O) groups excluding carboxylic acids is 4. The quantitative estimate of drug-likeness (QED) is 0.274. The molecule has 13 nitrogen and oxygen atoms in total. The molecule has 3 aromatic rings. The van der Waals surface area contributed by atoms with Crippen LogP contribution in [0.2, 0.25) is 0 Å². The zero-order valence-corrected chi connectivity index (χ0v) is 21.4. The molecule has 0 spiro atoms. The number of hydrogen-bond donors (Lipinski definition) is 3. The largest absolute Gasteiger partial charge is 0.443 e. The minimum Gasteiger partial charge on any atom is -0.443 e. The zero-order chi connectivity index (χ0) is 27.7. The maximum absolute atomic E-state index is 13.0. The fraction of sp³-hybridized carbons (Fsp3) is 0.360. The zero-order valence-electron chi connectivity index (χ0n) is 21.4. The number of carbonyl (C=O) groups is 4. The van der Waals surface area contributed by atoms with Gasteiger partial charge in [-0.05, 0) is 31.5 Å². The molecule has 0 aliphatic carbocycles. The summed E-state index contributed by atoms with van der Waals surface area (Å²) in [5.41, 5.74) is 5.84. The Hall–Kier alpha value is -4.52. The van der Waals surface area contributed by atoms with Gasteiger partial charge in [0.1, 0.15) is 24.7 Å². The number of primary amides is 1. The summed E-state index contributed by atoms with van der Waals surface area (Å²) in [5.74, 6) is -0.805. The van der Waals surface area contributed by atoms with Gasteiger partial charge < -0.3 is 30.7 Å². The van der Waals surface area contributed by atoms with Crippen molar-refractivity contribution in [2.24, 2.45) is 5.73 Å². The first kappa shape index (κ1) is 28.1. The van der Waals surface area contributed by atoms with Gasteiger partial charge in [0.25, 0.3) is 0 Å². The van der Waals surface area contributed by atoms with Gasteiger partial charge in [-0.2, -0.15) is 0 Å². The molecule has 3 rings (SSSR count). The van der Waals surface area contributed by atoms with Crippen molar-refractivity contribution in [2.75, 3.05) is 20.2 Å². The summed E-state index contributed by atoms with van der Waals surface area (Å²) in [6, 6.07) is 13.9. The van der Waals surface area contributed by atoms with Crippen LogP contribution in [0.3, 0.4) is 0 Å². The molecule has 1 atom stereocenters. The summed E-state index contributed by atoms with van der Waals surface area (Å²) >= 11 is 0. The average Bonchev–Trinajstić information content (AvgIpc) is 3.31. The van der Waals surface area contributed by atoms with Crippen molar-refractivity contribution in [2.45, 2.75) is 38.6 Å². The van der Waals surface area contributed by atoms with Crippen LogP contribution in [0.4, 0.5) is 4.79 Å². The van der Waals surface area contributed by atoms with Gasteiger partial charge in [-0.15, -0.1) is 10.2 Å². The number of amides is 4. The SMILES string of the molecule is CN(CC(N)=O)C(=O)OCc1cccc2nnc([C@@H](COCc3ccccc3)NC(=O)C(C)(C)NC=O)n12. The van der Waals surface area contributed by atoms with Crippen LogP contribution >= 0.6 is 0 Å². The predicted octanol–water partition coefficient (Wildman–Crippen LogP) is 0.682. The molecule has 0 bridgehead atoms. The molecule has 13 heteroatoms. The lowest BCUT2D eigenvalue weighted by Gasteiger charge is -2.26. The van der Waals surface area contributed by atoms with Crippen LogP contribution in [-0.4, -0.2) is 69.6 Å². The van der Waals surface area contributed by atoms with E-state index in [0.717, 1.165) is 10.5 Å². The Morgan fingerprint density at radius 3 is 2.53 bits per heavy atom. The molecular weight excluding hydrogens is 494 g/mol. The molecule has 38 heavy (non-hydrogen) atoms. The van der Waals surface area contributed by atoms with Gasteiger partial charge in [0.15, 0.2) is 11.5 Å². The lowest BCUT2D eigenvalue weighted by Crippen LogP contribution is -2.53. The summed E-state index contributed by atoms with van der Waals surface area (Å²) < 4.78 is 12.9. The molecule has 0 aliphatic heterocycles. The van der Waals surface area contributed by atoms with E-state index in [1.54, 1.807) is 36.4 Å². The summed E-state index contributed by atoms with van der Waals surface area (Å²) in [5, 5.41) is 13.8. The summed E-state index contributed by atoms with van der Waals surface area (Å²) in [4.78, 5) is 48.5. The van der Waals surface area contributed by atoms with E-state index < -0.39 is 29.5 Å². The van der Waals surface area contributed by atoms with Crippen molar-refractivity contribution in [3.63, 3.8) is 0 Å². The predicted molar refractivity (Wildman–Crippen MR) is 135 cm³/mol. The molecule has 0 saturated heterocycles. The first-order valence-corrected chi connectivity index (χ1v) is 11.8. The Labute approximate surface area is 219 Å². The van der Waals surface area contributed by atoms with Crippen LogP contribution in [0.15, 0.2) is 48.5 Å². The summed E-state index contributed by atoms with van der Waals surface area (Å²) in [6.45, 7) is 2.99. The van der Waals surface area contributed by atoms with Gasteiger partial charge >= 0.3 is 6.09 Å². The second-order valence-corrected chi connectivity index (χ2v) is 9.06. The van der Waals surface area contributed by atoms with Crippen molar-refractivity contribution in [3.05, 3.63) is 65.6 Å². The standard InChI is InChI=1S/C25H31N7O6/c1-25(2,27-16-33)23(35)28-19(15-37-13-17-8-5-4-6-9-17)22-30-29-21-11-7-10-18(32(21)22)14-38-24(36)31(3)12-20(26)34/h4-11,16,19H,12-15H2,1-3H3,(H2,26,34)(H,27,33)(H,28,35)/t19-/m1/s1. The van der Waals surface area contributed by atoms with Crippen molar-refractivity contribution in [3.8, 4) is 0 Å². The number of nitrogens with zero attached hydrogens (tertiary/aromatic N) is 4. The topological polar surface area (TPSA) is 170 Å². The third-order valence-electron chi connectivity index (χ3n) is 5.58. The molecule has 4 amide bonds. The van der Waals surface area contributed by atoms with E-state index in [0.29, 0.717) is 23.6 Å². The van der Waals surface area contributed by atoms with E-state index in [1.165, 1.54) is 7.05 Å². The third-order valence-corrected chi connectivity index (χ3v) is 5.58. The molecule has 0 fully saturated rings. The lowest BCUT2D eigenvalue weighted by atomic mass is 10.0. The number of pyridine rings is 1. The number of ether oxygens (including phenoxy) is 2. The second-order valence-electron chi connectivity index (χ2n) is 9.06. The molecule has 2 aromatic heterocycles. The smallest absolute Gasteiger partial charge is 0.410 e. The molecule has 0 unspecified atom stereocenters. The van der Waals surface area contributed by atoms with E-state index >= 15 is 0 Å². The maximum atomic E-state index is 13.0. The number of hydrogen-bond acceptors (Lipinski definition) is 8. The first-order chi connectivity index (χ1) is 18.1. The Morgan fingerprint density at radius 1 is 1.11 bits per heavy atom. The van der Waals surface area contributed by atoms with Crippen LogP contribution in [-0.2, 0) is 37.1 Å². The van der Waals surface area contributed by atoms with Gasteiger partial charge in [-0.3, -0.25) is 18.8 Å². The van der Waals surface area contributed by atoms with Crippen molar-refractivity contribution >= 4 is 30.0 Å². The average molecular weight is 526 g/mol. The normalized spacial score (nSPS) is 12.0. The molecule has 1 aromatic carbocycles. The Kier molecular flexibility index (Phi) is 9.33. The first-order valence-electron chi connectivity index (χ1n) is 11.8. The van der Waals surface area contributed by atoms with Crippen LogP contribution in [0.5, 0.6) is 0 Å². The minimum atomic E-state index is -1.21. The number of benzene rings is 1. The van der Waals surface area contributed by atoms with E-state index in [2.05, 4.69) is 20.8 Å². The number of fused-ring (bicyclic) bond motifs is 1. The van der Waals surface area contributed by atoms with E-state index in [9.17, 15) is 19.2 Å². The van der Waals surface area contributed by atoms with Crippen molar-refractivity contribution < 1.29 is 28.7 Å². The van der Waals surface area contributed by atoms with E-state index in [4.69, 9.17) is 15.2 Å². The molecule has 2 heterocycles. The highest BCUT2D eigenvalue weighted by Crippen LogP contribution is 2.19. The molecule has 202 valence electrons. The minimum absolute atomic E-state index is 0.0358. The van der Waals surface area contributed by atoms with Gasteiger partial charge in [-0.1, -0.05) is 36.4 Å². The van der Waals surface area contributed by atoms with Crippen molar-refractivity contribution in [1.29, 1.82) is 0 Å². The van der Waals surface area contributed by atoms with Gasteiger partial charge in [0.2, 0.25) is 18.2 Å². The number of nitrogens with one attached hydrogen (secondary N) is 2. The third kappa shape index (κ3) is 7.26. The fourth-order valence-corrected chi connectivity index (χ4v) is 3.51. The molecular formula is C25H31N7O6. The molecule has 0 radical (unpaired) electrons.